The molecule has 4 nitrogen and oxygen atoms in total. The molecule has 0 spiro atoms. The van der Waals surface area contributed by atoms with Crippen molar-refractivity contribution < 1.29 is 4.74 Å². The van der Waals surface area contributed by atoms with Gasteiger partial charge in [0.05, 0.1) is 12.7 Å². The molecule has 4 heteroatoms. The third kappa shape index (κ3) is 6.78. The summed E-state index contributed by atoms with van der Waals surface area (Å²) in [5, 5.41) is 12.5. The second kappa shape index (κ2) is 7.61. The van der Waals surface area contributed by atoms with E-state index in [2.05, 4.69) is 30.1 Å². The van der Waals surface area contributed by atoms with Crippen LogP contribution >= 0.6 is 0 Å². The maximum atomic E-state index is 9.17. The first kappa shape index (κ1) is 15.4. The molecule has 0 aromatic rings. The first-order valence-electron chi connectivity index (χ1n) is 5.80. The Bertz CT molecular complexity index is 225. The van der Waals surface area contributed by atoms with Gasteiger partial charge in [0.15, 0.2) is 0 Å². The molecule has 0 aromatic heterocycles. The van der Waals surface area contributed by atoms with Crippen molar-refractivity contribution in [2.45, 2.75) is 38.8 Å². The summed E-state index contributed by atoms with van der Waals surface area (Å²) < 4.78 is 5.01. The first-order chi connectivity index (χ1) is 7.43. The molecule has 0 aromatic carbocycles. The molecule has 94 valence electrons. The van der Waals surface area contributed by atoms with Gasteiger partial charge in [-0.1, -0.05) is 0 Å². The summed E-state index contributed by atoms with van der Waals surface area (Å²) in [5.74, 6) is 0. The zero-order chi connectivity index (χ0) is 12.6. The Morgan fingerprint density at radius 2 is 2.06 bits per heavy atom. The number of likely N-dealkylation sites (N-methyl/N-ethyl adjacent to an activating group) is 1. The van der Waals surface area contributed by atoms with Crippen LogP contribution in [-0.4, -0.2) is 50.3 Å². The minimum atomic E-state index is -0.435. The number of hydrogen-bond acceptors (Lipinski definition) is 4. The van der Waals surface area contributed by atoms with Crippen molar-refractivity contribution in [1.82, 2.24) is 10.2 Å². The summed E-state index contributed by atoms with van der Waals surface area (Å²) in [5.41, 5.74) is -0.435. The summed E-state index contributed by atoms with van der Waals surface area (Å²) in [6.07, 6.45) is 0.821. The maximum absolute atomic E-state index is 9.17. The predicted molar refractivity (Wildman–Crippen MR) is 66.3 cm³/mol. The highest BCUT2D eigenvalue weighted by Gasteiger charge is 2.24. The lowest BCUT2D eigenvalue weighted by molar-refractivity contribution is 0.156. The number of methoxy groups -OCH3 is 1. The number of hydrogen-bond donors (Lipinski definition) is 1. The summed E-state index contributed by atoms with van der Waals surface area (Å²) in [6.45, 7) is 8.61. The van der Waals surface area contributed by atoms with Gasteiger partial charge in [-0.15, -0.1) is 0 Å². The van der Waals surface area contributed by atoms with E-state index in [1.165, 1.54) is 0 Å². The van der Waals surface area contributed by atoms with Crippen molar-refractivity contribution in [1.29, 1.82) is 5.26 Å². The van der Waals surface area contributed by atoms with Crippen LogP contribution in [0.3, 0.4) is 0 Å². The Kier molecular flexibility index (Phi) is 7.31. The van der Waals surface area contributed by atoms with Gasteiger partial charge in [-0.3, -0.25) is 5.32 Å². The number of rotatable bonds is 8. The van der Waals surface area contributed by atoms with Gasteiger partial charge in [-0.05, 0) is 34.2 Å². The highest BCUT2D eigenvalue weighted by atomic mass is 16.5. The quantitative estimate of drug-likeness (QED) is 0.677. The molecule has 0 aliphatic heterocycles. The van der Waals surface area contributed by atoms with Gasteiger partial charge < -0.3 is 9.64 Å². The summed E-state index contributed by atoms with van der Waals surface area (Å²) in [7, 11) is 3.75. The monoisotopic (exact) mass is 227 g/mol. The topological polar surface area (TPSA) is 48.3 Å². The third-order valence-corrected chi connectivity index (χ3v) is 2.52. The molecule has 1 N–H and O–H groups in total. The van der Waals surface area contributed by atoms with Crippen molar-refractivity contribution in [3.63, 3.8) is 0 Å². The largest absolute Gasteiger partial charge is 0.383 e. The van der Waals surface area contributed by atoms with Gasteiger partial charge in [0.25, 0.3) is 0 Å². The minimum Gasteiger partial charge on any atom is -0.383 e. The van der Waals surface area contributed by atoms with Crippen LogP contribution in [0.2, 0.25) is 0 Å². The third-order valence-electron chi connectivity index (χ3n) is 2.52. The highest BCUT2D eigenvalue weighted by Crippen LogP contribution is 2.10. The van der Waals surface area contributed by atoms with E-state index in [0.29, 0.717) is 6.04 Å². The zero-order valence-electron chi connectivity index (χ0n) is 11.2. The smallest absolute Gasteiger partial charge is 0.105 e. The van der Waals surface area contributed by atoms with Gasteiger partial charge in [-0.2, -0.15) is 5.26 Å². The minimum absolute atomic E-state index is 0.328. The van der Waals surface area contributed by atoms with Crippen LogP contribution in [0.15, 0.2) is 0 Å². The van der Waals surface area contributed by atoms with E-state index in [9.17, 15) is 0 Å². The first-order valence-corrected chi connectivity index (χ1v) is 5.80. The van der Waals surface area contributed by atoms with Crippen LogP contribution in [0.1, 0.15) is 27.2 Å². The lowest BCUT2D eigenvalue weighted by atomic mass is 9.98. The summed E-state index contributed by atoms with van der Waals surface area (Å²) in [6, 6.07) is 2.68. The van der Waals surface area contributed by atoms with Crippen molar-refractivity contribution >= 4 is 0 Å². The molecule has 0 amide bonds. The number of nitrogens with zero attached hydrogens (tertiary/aromatic N) is 2. The molecule has 1 unspecified atom stereocenters. The molecule has 16 heavy (non-hydrogen) atoms. The van der Waals surface area contributed by atoms with Crippen molar-refractivity contribution in [3.8, 4) is 6.07 Å². The van der Waals surface area contributed by atoms with Crippen LogP contribution in [0.25, 0.3) is 0 Å². The molecule has 0 radical (unpaired) electrons. The van der Waals surface area contributed by atoms with Crippen LogP contribution in [0, 0.1) is 11.3 Å². The summed E-state index contributed by atoms with van der Waals surface area (Å²) >= 11 is 0. The maximum Gasteiger partial charge on any atom is 0.105 e. The number of ether oxygens (including phenoxy) is 1. The van der Waals surface area contributed by atoms with E-state index < -0.39 is 5.54 Å². The molecule has 0 fully saturated rings. The standard InChI is InChI=1S/C12H25N3O/c1-11(2)14-12(3,10-13)6-7-15(4)8-9-16-5/h11,14H,6-9H2,1-5H3. The van der Waals surface area contributed by atoms with Crippen LogP contribution in [0.5, 0.6) is 0 Å². The van der Waals surface area contributed by atoms with Gasteiger partial charge in [0.1, 0.15) is 5.54 Å². The molecule has 0 saturated heterocycles. The number of nitrogens with one attached hydrogen (secondary N) is 1. The van der Waals surface area contributed by atoms with E-state index in [1.54, 1.807) is 7.11 Å². The van der Waals surface area contributed by atoms with Crippen LogP contribution in [0.4, 0.5) is 0 Å². The van der Waals surface area contributed by atoms with Crippen molar-refractivity contribution in [2.24, 2.45) is 0 Å². The average Bonchev–Trinajstić information content (AvgIpc) is 2.22. The molecule has 0 heterocycles. The SMILES string of the molecule is COCCN(C)CCC(C)(C#N)NC(C)C. The predicted octanol–water partition coefficient (Wildman–Crippen LogP) is 1.23. The Morgan fingerprint density at radius 3 is 2.50 bits per heavy atom. The van der Waals surface area contributed by atoms with E-state index in [1.807, 2.05) is 14.0 Å². The van der Waals surface area contributed by atoms with Gasteiger partial charge >= 0.3 is 0 Å². The fourth-order valence-electron chi connectivity index (χ4n) is 1.57. The fourth-order valence-corrected chi connectivity index (χ4v) is 1.57. The van der Waals surface area contributed by atoms with Gasteiger partial charge in [0.2, 0.25) is 0 Å². The van der Waals surface area contributed by atoms with Crippen molar-refractivity contribution in [2.75, 3.05) is 33.9 Å². The van der Waals surface area contributed by atoms with E-state index in [-0.39, 0.29) is 0 Å². The Labute approximate surface area is 99.6 Å². The van der Waals surface area contributed by atoms with E-state index in [0.717, 1.165) is 26.1 Å². The van der Waals surface area contributed by atoms with Crippen molar-refractivity contribution in [3.05, 3.63) is 0 Å². The van der Waals surface area contributed by atoms with E-state index in [4.69, 9.17) is 10.00 Å². The number of nitriles is 1. The molecule has 0 bridgehead atoms. The molecule has 0 aliphatic rings. The van der Waals surface area contributed by atoms with Crippen LogP contribution in [-0.2, 0) is 4.74 Å². The second-order valence-electron chi connectivity index (χ2n) is 4.79. The molecule has 1 atom stereocenters. The molecule has 0 rings (SSSR count). The summed E-state index contributed by atoms with van der Waals surface area (Å²) in [4.78, 5) is 2.18. The molecule has 0 saturated carbocycles. The fraction of sp³-hybridized carbons (Fsp3) is 0.917. The van der Waals surface area contributed by atoms with Gasteiger partial charge in [-0.25, -0.2) is 0 Å². The highest BCUT2D eigenvalue weighted by molar-refractivity contribution is 5.04. The Morgan fingerprint density at radius 1 is 1.44 bits per heavy atom. The zero-order valence-corrected chi connectivity index (χ0v) is 11.2. The lowest BCUT2D eigenvalue weighted by Gasteiger charge is -2.28. The molecule has 0 aliphatic carbocycles. The Hall–Kier alpha value is -0.630. The lowest BCUT2D eigenvalue weighted by Crippen LogP contribution is -2.47. The molecular weight excluding hydrogens is 202 g/mol. The normalized spacial score (nSPS) is 15.1. The molecular formula is C12H25N3O. The van der Waals surface area contributed by atoms with Gasteiger partial charge in [0, 0.05) is 26.2 Å². The second-order valence-corrected chi connectivity index (χ2v) is 4.79. The average molecular weight is 227 g/mol. The van der Waals surface area contributed by atoms with Crippen LogP contribution < -0.4 is 5.32 Å². The van der Waals surface area contributed by atoms with E-state index >= 15 is 0 Å². The Balaban J connectivity index is 3.99.